The van der Waals surface area contributed by atoms with Gasteiger partial charge in [-0.05, 0) is 59.1 Å². The third-order valence-corrected chi connectivity index (χ3v) is 5.16. The summed E-state index contributed by atoms with van der Waals surface area (Å²) < 4.78 is 39.0. The van der Waals surface area contributed by atoms with E-state index in [0.717, 1.165) is 41.9 Å². The summed E-state index contributed by atoms with van der Waals surface area (Å²) in [4.78, 5) is 18.1. The van der Waals surface area contributed by atoms with E-state index in [1.165, 1.54) is 11.1 Å². The standard InChI is InChI=1S/C19H18N8O.C2HF3O2/c1-12-17(16-6-7-20-8-15(16)9-21-12)18-23-19(28-24-18)14-4-2-13(3-5-14)10-27-11-22-25-26-27;3-2(4,5)1(6)7/h2-5,9,11,20H,6-8,10H2,1H3;(H,6,7). The Kier molecular flexibility index (Phi) is 6.82. The van der Waals surface area contributed by atoms with E-state index < -0.39 is 12.1 Å². The Bertz CT molecular complexity index is 1300. The van der Waals surface area contributed by atoms with E-state index in [1.54, 1.807) is 11.0 Å². The number of carboxylic acid groups (broad SMARTS) is 1. The van der Waals surface area contributed by atoms with E-state index in [-0.39, 0.29) is 0 Å². The fourth-order valence-electron chi connectivity index (χ4n) is 3.50. The maximum Gasteiger partial charge on any atom is 0.490 e. The molecule has 4 aromatic rings. The molecule has 0 spiro atoms. The van der Waals surface area contributed by atoms with Crippen LogP contribution in [0.3, 0.4) is 0 Å². The SMILES string of the molecule is Cc1ncc2c(c1-c1noc(-c3ccc(Cn4cnnn4)cc3)n1)CCNC2.O=C(O)C(F)(F)F. The van der Waals surface area contributed by atoms with Crippen LogP contribution >= 0.6 is 0 Å². The van der Waals surface area contributed by atoms with Crippen molar-refractivity contribution in [3.63, 3.8) is 0 Å². The van der Waals surface area contributed by atoms with Crippen molar-refractivity contribution in [3.05, 3.63) is 59.2 Å². The number of nitrogens with zero attached hydrogens (tertiary/aromatic N) is 7. The first-order valence-corrected chi connectivity index (χ1v) is 10.3. The number of aryl methyl sites for hydroxylation is 1. The molecule has 1 aliphatic rings. The second-order valence-corrected chi connectivity index (χ2v) is 7.58. The third-order valence-electron chi connectivity index (χ3n) is 5.16. The summed E-state index contributed by atoms with van der Waals surface area (Å²) >= 11 is 0. The van der Waals surface area contributed by atoms with Crippen molar-refractivity contribution in [1.82, 2.24) is 40.6 Å². The van der Waals surface area contributed by atoms with Gasteiger partial charge in [0.25, 0.3) is 5.89 Å². The van der Waals surface area contributed by atoms with Gasteiger partial charge in [-0.15, -0.1) is 5.10 Å². The van der Waals surface area contributed by atoms with Crippen LogP contribution in [0.1, 0.15) is 22.4 Å². The molecule has 1 aromatic carbocycles. The lowest BCUT2D eigenvalue weighted by Gasteiger charge is -2.19. The number of rotatable bonds is 4. The van der Waals surface area contributed by atoms with Crippen LogP contribution in [0, 0.1) is 6.92 Å². The van der Waals surface area contributed by atoms with Gasteiger partial charge in [-0.1, -0.05) is 17.3 Å². The minimum atomic E-state index is -5.08. The predicted octanol–water partition coefficient (Wildman–Crippen LogP) is 2.42. The minimum absolute atomic E-state index is 0.495. The molecule has 0 amide bonds. The van der Waals surface area contributed by atoms with E-state index >= 15 is 0 Å². The predicted molar refractivity (Wildman–Crippen MR) is 114 cm³/mol. The Hall–Kier alpha value is -4.20. The molecule has 0 radical (unpaired) electrons. The molecule has 0 saturated carbocycles. The molecule has 11 nitrogen and oxygen atoms in total. The van der Waals surface area contributed by atoms with Crippen molar-refractivity contribution < 1.29 is 27.6 Å². The van der Waals surface area contributed by atoms with E-state index in [1.807, 2.05) is 37.4 Å². The molecule has 5 rings (SSSR count). The number of nitrogens with one attached hydrogen (secondary N) is 1. The second-order valence-electron chi connectivity index (χ2n) is 7.58. The van der Waals surface area contributed by atoms with Crippen molar-refractivity contribution in [2.24, 2.45) is 0 Å². The molecule has 0 aliphatic carbocycles. The molecule has 2 N–H and O–H groups in total. The Morgan fingerprint density at radius 2 is 2.00 bits per heavy atom. The molecule has 35 heavy (non-hydrogen) atoms. The normalized spacial score (nSPS) is 13.0. The van der Waals surface area contributed by atoms with Crippen LogP contribution in [-0.2, 0) is 24.3 Å². The molecule has 0 unspecified atom stereocenters. The van der Waals surface area contributed by atoms with Gasteiger partial charge in [0.05, 0.1) is 6.54 Å². The Balaban J connectivity index is 0.000000364. The Morgan fingerprint density at radius 3 is 2.66 bits per heavy atom. The number of halogens is 3. The highest BCUT2D eigenvalue weighted by Crippen LogP contribution is 2.30. The Labute approximate surface area is 196 Å². The number of pyridine rings is 1. The van der Waals surface area contributed by atoms with E-state index in [9.17, 15) is 13.2 Å². The largest absolute Gasteiger partial charge is 0.490 e. The number of aromatic nitrogens is 7. The van der Waals surface area contributed by atoms with Crippen LogP contribution in [0.15, 0.2) is 41.3 Å². The van der Waals surface area contributed by atoms with Crippen LogP contribution in [0.5, 0.6) is 0 Å². The molecule has 0 saturated heterocycles. The summed E-state index contributed by atoms with van der Waals surface area (Å²) in [5, 5.41) is 25.9. The zero-order valence-electron chi connectivity index (χ0n) is 18.3. The monoisotopic (exact) mass is 488 g/mol. The first-order chi connectivity index (χ1) is 16.7. The molecule has 0 bridgehead atoms. The first kappa shape index (κ1) is 23.9. The summed E-state index contributed by atoms with van der Waals surface area (Å²) in [7, 11) is 0. The van der Waals surface area contributed by atoms with Crippen LogP contribution in [0.25, 0.3) is 22.8 Å². The second kappa shape index (κ2) is 9.97. The molecule has 1 aliphatic heterocycles. The summed E-state index contributed by atoms with van der Waals surface area (Å²) in [5.41, 5.74) is 6.33. The summed E-state index contributed by atoms with van der Waals surface area (Å²) in [6, 6.07) is 7.94. The zero-order valence-corrected chi connectivity index (χ0v) is 18.3. The molecular weight excluding hydrogens is 469 g/mol. The highest BCUT2D eigenvalue weighted by atomic mass is 19.4. The molecule has 14 heteroatoms. The average molecular weight is 488 g/mol. The van der Waals surface area contributed by atoms with Crippen molar-refractivity contribution in [3.8, 4) is 22.8 Å². The van der Waals surface area contributed by atoms with Gasteiger partial charge in [-0.3, -0.25) is 4.98 Å². The van der Waals surface area contributed by atoms with Crippen molar-refractivity contribution in [2.45, 2.75) is 32.6 Å². The summed E-state index contributed by atoms with van der Waals surface area (Å²) in [6.45, 7) is 4.36. The number of carboxylic acids is 1. The lowest BCUT2D eigenvalue weighted by Crippen LogP contribution is -2.24. The van der Waals surface area contributed by atoms with E-state index in [0.29, 0.717) is 18.3 Å². The number of fused-ring (bicyclic) bond motifs is 1. The molecule has 0 atom stereocenters. The van der Waals surface area contributed by atoms with Crippen LogP contribution in [-0.4, -0.2) is 59.1 Å². The third kappa shape index (κ3) is 5.66. The highest BCUT2D eigenvalue weighted by Gasteiger charge is 2.38. The van der Waals surface area contributed by atoms with Gasteiger partial charge in [-0.25, -0.2) is 9.48 Å². The highest BCUT2D eigenvalue weighted by molar-refractivity contribution is 5.73. The minimum Gasteiger partial charge on any atom is -0.475 e. The topological polar surface area (TPSA) is 145 Å². The zero-order chi connectivity index (χ0) is 25.0. The van der Waals surface area contributed by atoms with Gasteiger partial charge in [0.15, 0.2) is 0 Å². The number of aliphatic carboxylic acids is 1. The van der Waals surface area contributed by atoms with Crippen molar-refractivity contribution >= 4 is 5.97 Å². The van der Waals surface area contributed by atoms with E-state index in [4.69, 9.17) is 14.4 Å². The number of hydrogen-bond donors (Lipinski definition) is 2. The van der Waals surface area contributed by atoms with Gasteiger partial charge < -0.3 is 14.9 Å². The van der Waals surface area contributed by atoms with Crippen LogP contribution in [0.2, 0.25) is 0 Å². The molecule has 0 fully saturated rings. The molecule has 182 valence electrons. The van der Waals surface area contributed by atoms with Gasteiger partial charge in [-0.2, -0.15) is 18.2 Å². The lowest BCUT2D eigenvalue weighted by molar-refractivity contribution is -0.192. The maximum absolute atomic E-state index is 10.6. The van der Waals surface area contributed by atoms with Gasteiger partial charge in [0.1, 0.15) is 6.33 Å². The van der Waals surface area contributed by atoms with Gasteiger partial charge in [0.2, 0.25) is 5.82 Å². The quantitative estimate of drug-likeness (QED) is 0.439. The van der Waals surface area contributed by atoms with Gasteiger partial charge in [0, 0.05) is 29.6 Å². The maximum atomic E-state index is 10.6. The molecule has 3 aromatic heterocycles. The number of tetrazole rings is 1. The fraction of sp³-hybridized carbons (Fsp3) is 0.286. The smallest absolute Gasteiger partial charge is 0.475 e. The number of hydrogen-bond acceptors (Lipinski definition) is 9. The van der Waals surface area contributed by atoms with Crippen molar-refractivity contribution in [1.29, 1.82) is 0 Å². The number of carbonyl (C=O) groups is 1. The lowest BCUT2D eigenvalue weighted by atomic mass is 9.95. The number of benzene rings is 1. The Morgan fingerprint density at radius 1 is 1.26 bits per heavy atom. The first-order valence-electron chi connectivity index (χ1n) is 10.3. The van der Waals surface area contributed by atoms with E-state index in [2.05, 4.69) is 36.0 Å². The summed E-state index contributed by atoms with van der Waals surface area (Å²) in [6.07, 6.45) is -0.626. The fourth-order valence-corrected chi connectivity index (χ4v) is 3.50. The molecule has 4 heterocycles. The van der Waals surface area contributed by atoms with Gasteiger partial charge >= 0.3 is 12.1 Å². The van der Waals surface area contributed by atoms with Crippen LogP contribution in [0.4, 0.5) is 13.2 Å². The number of alkyl halides is 3. The van der Waals surface area contributed by atoms with Crippen LogP contribution < -0.4 is 5.32 Å². The average Bonchev–Trinajstić information content (AvgIpc) is 3.52. The molecular formula is C21H19F3N8O3. The van der Waals surface area contributed by atoms with Crippen molar-refractivity contribution in [2.75, 3.05) is 6.54 Å². The summed E-state index contributed by atoms with van der Waals surface area (Å²) in [5.74, 6) is -1.67.